The lowest BCUT2D eigenvalue weighted by Gasteiger charge is -2.32. The van der Waals surface area contributed by atoms with Crippen molar-refractivity contribution in [2.45, 2.75) is 29.5 Å². The number of thioether (sulfide) groups is 1. The minimum absolute atomic E-state index is 0.236. The molecule has 0 bridgehead atoms. The molecule has 0 spiro atoms. The van der Waals surface area contributed by atoms with E-state index in [-0.39, 0.29) is 6.61 Å². The standard InChI is InChI=1S/C11H14ClNOS/c1-7-9(5-6-14)15-10-4-2-3-8(12)11(10)13-7/h2-4,7,9,13-14H,5-6H2,1H3. The Balaban J connectivity index is 2.25. The Hall–Kier alpha value is -0.380. The first-order chi connectivity index (χ1) is 7.22. The molecule has 1 aliphatic rings. The fourth-order valence-electron chi connectivity index (χ4n) is 1.76. The molecule has 1 aromatic rings. The van der Waals surface area contributed by atoms with Gasteiger partial charge in [0.25, 0.3) is 0 Å². The number of para-hydroxylation sites is 1. The van der Waals surface area contributed by atoms with Crippen molar-refractivity contribution >= 4 is 29.1 Å². The van der Waals surface area contributed by atoms with Crippen LogP contribution in [-0.2, 0) is 0 Å². The summed E-state index contributed by atoms with van der Waals surface area (Å²) in [5.41, 5.74) is 1.03. The number of hydrogen-bond acceptors (Lipinski definition) is 3. The fraction of sp³-hybridized carbons (Fsp3) is 0.455. The van der Waals surface area contributed by atoms with Gasteiger partial charge in [-0.2, -0.15) is 0 Å². The Labute approximate surface area is 99.0 Å². The van der Waals surface area contributed by atoms with Gasteiger partial charge in [0.05, 0.1) is 10.7 Å². The van der Waals surface area contributed by atoms with Gasteiger partial charge in [-0.15, -0.1) is 11.8 Å². The van der Waals surface area contributed by atoms with Gasteiger partial charge in [0, 0.05) is 22.8 Å². The highest BCUT2D eigenvalue weighted by Gasteiger charge is 2.26. The largest absolute Gasteiger partial charge is 0.396 e. The molecule has 0 saturated carbocycles. The summed E-state index contributed by atoms with van der Waals surface area (Å²) in [4.78, 5) is 1.18. The van der Waals surface area contributed by atoms with Crippen LogP contribution in [0.2, 0.25) is 5.02 Å². The highest BCUT2D eigenvalue weighted by Crippen LogP contribution is 2.42. The van der Waals surface area contributed by atoms with Crippen LogP contribution in [0.1, 0.15) is 13.3 Å². The molecule has 2 nitrogen and oxygen atoms in total. The highest BCUT2D eigenvalue weighted by molar-refractivity contribution is 8.00. The first-order valence-electron chi connectivity index (χ1n) is 5.05. The van der Waals surface area contributed by atoms with E-state index in [0.29, 0.717) is 11.3 Å². The van der Waals surface area contributed by atoms with Crippen LogP contribution in [0.15, 0.2) is 23.1 Å². The van der Waals surface area contributed by atoms with Gasteiger partial charge in [-0.1, -0.05) is 17.7 Å². The topological polar surface area (TPSA) is 32.3 Å². The van der Waals surface area contributed by atoms with Crippen molar-refractivity contribution in [3.63, 3.8) is 0 Å². The van der Waals surface area contributed by atoms with Crippen LogP contribution >= 0.6 is 23.4 Å². The number of benzene rings is 1. The zero-order valence-corrected chi connectivity index (χ0v) is 10.1. The van der Waals surface area contributed by atoms with E-state index >= 15 is 0 Å². The fourth-order valence-corrected chi connectivity index (χ4v) is 3.32. The van der Waals surface area contributed by atoms with Crippen LogP contribution in [-0.4, -0.2) is 23.0 Å². The van der Waals surface area contributed by atoms with Crippen LogP contribution in [0.4, 0.5) is 5.69 Å². The molecule has 2 N–H and O–H groups in total. The molecule has 2 rings (SSSR count). The predicted octanol–water partition coefficient (Wildman–Crippen LogP) is 3.00. The molecule has 2 unspecified atom stereocenters. The van der Waals surface area contributed by atoms with Crippen molar-refractivity contribution in [1.82, 2.24) is 0 Å². The number of aliphatic hydroxyl groups excluding tert-OH is 1. The zero-order valence-electron chi connectivity index (χ0n) is 8.53. The molecule has 0 aromatic heterocycles. The Morgan fingerprint density at radius 2 is 2.33 bits per heavy atom. The van der Waals surface area contributed by atoms with Crippen molar-refractivity contribution in [2.75, 3.05) is 11.9 Å². The second kappa shape index (κ2) is 4.64. The molecule has 1 aliphatic heterocycles. The lowest BCUT2D eigenvalue weighted by molar-refractivity contribution is 0.284. The predicted molar refractivity (Wildman–Crippen MR) is 65.9 cm³/mol. The zero-order chi connectivity index (χ0) is 10.8. The van der Waals surface area contributed by atoms with Gasteiger partial charge in [0.2, 0.25) is 0 Å². The SMILES string of the molecule is CC1Nc2c(Cl)cccc2SC1CCO. The van der Waals surface area contributed by atoms with Gasteiger partial charge in [-0.3, -0.25) is 0 Å². The average Bonchev–Trinajstić information content (AvgIpc) is 2.21. The summed E-state index contributed by atoms with van der Waals surface area (Å²) in [5, 5.41) is 13.6. The normalized spacial score (nSPS) is 24.5. The Kier molecular flexibility index (Phi) is 3.44. The van der Waals surface area contributed by atoms with Crippen molar-refractivity contribution in [1.29, 1.82) is 0 Å². The Morgan fingerprint density at radius 3 is 3.07 bits per heavy atom. The second-order valence-corrected chi connectivity index (χ2v) is 5.40. The lowest BCUT2D eigenvalue weighted by Crippen LogP contribution is -2.32. The molecule has 82 valence electrons. The number of anilines is 1. The van der Waals surface area contributed by atoms with E-state index in [4.69, 9.17) is 16.7 Å². The number of hydrogen-bond donors (Lipinski definition) is 2. The van der Waals surface area contributed by atoms with Crippen LogP contribution in [0.5, 0.6) is 0 Å². The first-order valence-corrected chi connectivity index (χ1v) is 6.30. The average molecular weight is 244 g/mol. The number of fused-ring (bicyclic) bond motifs is 1. The molecule has 4 heteroatoms. The minimum Gasteiger partial charge on any atom is -0.396 e. The number of rotatable bonds is 2. The maximum Gasteiger partial charge on any atom is 0.0670 e. The smallest absolute Gasteiger partial charge is 0.0670 e. The van der Waals surface area contributed by atoms with Crippen LogP contribution in [0, 0.1) is 0 Å². The van der Waals surface area contributed by atoms with Gasteiger partial charge < -0.3 is 10.4 Å². The van der Waals surface area contributed by atoms with Crippen LogP contribution in [0.3, 0.4) is 0 Å². The van der Waals surface area contributed by atoms with E-state index < -0.39 is 0 Å². The summed E-state index contributed by atoms with van der Waals surface area (Å²) in [6.45, 7) is 2.36. The molecule has 0 amide bonds. The van der Waals surface area contributed by atoms with Crippen molar-refractivity contribution in [2.24, 2.45) is 0 Å². The second-order valence-electron chi connectivity index (χ2n) is 3.71. The quantitative estimate of drug-likeness (QED) is 0.838. The van der Waals surface area contributed by atoms with Gasteiger partial charge in [0.15, 0.2) is 0 Å². The molecule has 0 fully saturated rings. The molecule has 1 heterocycles. The van der Waals surface area contributed by atoms with Crippen molar-refractivity contribution in [3.8, 4) is 0 Å². The van der Waals surface area contributed by atoms with Crippen LogP contribution in [0.25, 0.3) is 0 Å². The van der Waals surface area contributed by atoms with E-state index in [9.17, 15) is 0 Å². The molecule has 1 aromatic carbocycles. The first kappa shape index (κ1) is 11.1. The number of halogens is 1. The van der Waals surface area contributed by atoms with Crippen molar-refractivity contribution < 1.29 is 5.11 Å². The highest BCUT2D eigenvalue weighted by atomic mass is 35.5. The number of aliphatic hydroxyl groups is 1. The molecular formula is C11H14ClNOS. The third-order valence-corrected chi connectivity index (χ3v) is 4.45. The van der Waals surface area contributed by atoms with Gasteiger partial charge in [0.1, 0.15) is 0 Å². The summed E-state index contributed by atoms with van der Waals surface area (Å²) in [6.07, 6.45) is 0.810. The summed E-state index contributed by atoms with van der Waals surface area (Å²) in [7, 11) is 0. The van der Waals surface area contributed by atoms with Crippen LogP contribution < -0.4 is 5.32 Å². The van der Waals surface area contributed by atoms with E-state index in [0.717, 1.165) is 17.1 Å². The Bertz CT molecular complexity index is 358. The monoisotopic (exact) mass is 243 g/mol. The molecule has 2 atom stereocenters. The molecule has 0 aliphatic carbocycles. The van der Waals surface area contributed by atoms with E-state index in [2.05, 4.69) is 18.3 Å². The van der Waals surface area contributed by atoms with Crippen molar-refractivity contribution in [3.05, 3.63) is 23.2 Å². The molecule has 0 saturated heterocycles. The summed E-state index contributed by atoms with van der Waals surface area (Å²) in [6, 6.07) is 6.26. The summed E-state index contributed by atoms with van der Waals surface area (Å²) >= 11 is 7.90. The maximum absolute atomic E-state index is 8.97. The van der Waals surface area contributed by atoms with Gasteiger partial charge in [-0.05, 0) is 25.5 Å². The van der Waals surface area contributed by atoms with Gasteiger partial charge in [-0.25, -0.2) is 0 Å². The summed E-state index contributed by atoms with van der Waals surface area (Å²) in [5.74, 6) is 0. The third-order valence-electron chi connectivity index (χ3n) is 2.60. The lowest BCUT2D eigenvalue weighted by atomic mass is 10.1. The van der Waals surface area contributed by atoms with E-state index in [1.165, 1.54) is 4.90 Å². The third kappa shape index (κ3) is 2.25. The minimum atomic E-state index is 0.236. The molecular weight excluding hydrogens is 230 g/mol. The molecule has 0 radical (unpaired) electrons. The van der Waals surface area contributed by atoms with Gasteiger partial charge >= 0.3 is 0 Å². The van der Waals surface area contributed by atoms with E-state index in [1.807, 2.05) is 12.1 Å². The Morgan fingerprint density at radius 1 is 1.53 bits per heavy atom. The number of nitrogens with one attached hydrogen (secondary N) is 1. The molecule has 15 heavy (non-hydrogen) atoms. The summed E-state index contributed by atoms with van der Waals surface area (Å²) < 4.78 is 0. The maximum atomic E-state index is 8.97. The van der Waals surface area contributed by atoms with E-state index in [1.54, 1.807) is 11.8 Å².